The van der Waals surface area contributed by atoms with Gasteiger partial charge >= 0.3 is 0 Å². The van der Waals surface area contributed by atoms with Crippen LogP contribution in [0.1, 0.15) is 117 Å². The average molecular weight is 325 g/mol. The van der Waals surface area contributed by atoms with E-state index in [1.807, 2.05) is 6.92 Å². The number of hydrogen-bond donors (Lipinski definition) is 0. The second-order valence-electron chi connectivity index (χ2n) is 6.96. The van der Waals surface area contributed by atoms with Gasteiger partial charge in [-0.2, -0.15) is 0 Å². The smallest absolute Gasteiger partial charge is 0.143 e. The fraction of sp³-hybridized carbons (Fsp3) is 0.905. The summed E-state index contributed by atoms with van der Waals surface area (Å²) in [6.45, 7) is 4.17. The van der Waals surface area contributed by atoms with Gasteiger partial charge in [0, 0.05) is 6.42 Å². The molecule has 0 heterocycles. The van der Waals surface area contributed by atoms with Gasteiger partial charge < -0.3 is 4.79 Å². The summed E-state index contributed by atoms with van der Waals surface area (Å²) in [4.78, 5) is 22.4. The first kappa shape index (κ1) is 22.3. The Kier molecular flexibility index (Phi) is 17.2. The van der Waals surface area contributed by atoms with Crippen molar-refractivity contribution in [3.63, 3.8) is 0 Å². The fourth-order valence-corrected chi connectivity index (χ4v) is 3.08. The van der Waals surface area contributed by atoms with Crippen LogP contribution in [0.2, 0.25) is 0 Å². The molecule has 0 N–H and O–H groups in total. The monoisotopic (exact) mass is 324 g/mol. The largest absolute Gasteiger partial charge is 0.303 e. The first-order valence-electron chi connectivity index (χ1n) is 10.2. The van der Waals surface area contributed by atoms with Crippen molar-refractivity contribution in [3.8, 4) is 0 Å². The molecule has 2 nitrogen and oxygen atoms in total. The molecule has 0 aromatic heterocycles. The van der Waals surface area contributed by atoms with Crippen molar-refractivity contribution in [2.24, 2.45) is 5.92 Å². The van der Waals surface area contributed by atoms with Crippen LogP contribution in [0.4, 0.5) is 0 Å². The highest BCUT2D eigenvalue weighted by molar-refractivity contribution is 5.93. The van der Waals surface area contributed by atoms with E-state index >= 15 is 0 Å². The minimum absolute atomic E-state index is 0.140. The summed E-state index contributed by atoms with van der Waals surface area (Å²) in [7, 11) is 0. The first-order chi connectivity index (χ1) is 11.3. The lowest BCUT2D eigenvalue weighted by Crippen LogP contribution is -2.14. The van der Waals surface area contributed by atoms with E-state index in [2.05, 4.69) is 6.92 Å². The maximum absolute atomic E-state index is 11.7. The summed E-state index contributed by atoms with van der Waals surface area (Å²) in [5.41, 5.74) is 0. The van der Waals surface area contributed by atoms with Crippen molar-refractivity contribution in [1.82, 2.24) is 0 Å². The molecule has 23 heavy (non-hydrogen) atoms. The van der Waals surface area contributed by atoms with E-state index in [1.54, 1.807) is 0 Å². The quantitative estimate of drug-likeness (QED) is 0.161. The Hall–Kier alpha value is -0.660. The van der Waals surface area contributed by atoms with Crippen LogP contribution in [0.25, 0.3) is 0 Å². The Labute approximate surface area is 144 Å². The van der Waals surface area contributed by atoms with Gasteiger partial charge in [0.1, 0.15) is 12.1 Å². The molecule has 0 saturated carbocycles. The van der Waals surface area contributed by atoms with Crippen molar-refractivity contribution < 1.29 is 9.59 Å². The molecular weight excluding hydrogens is 284 g/mol. The molecule has 1 atom stereocenters. The van der Waals surface area contributed by atoms with Crippen LogP contribution in [0.3, 0.4) is 0 Å². The van der Waals surface area contributed by atoms with Gasteiger partial charge in [0.05, 0.1) is 5.92 Å². The number of ketones is 1. The lowest BCUT2D eigenvalue weighted by Gasteiger charge is -2.06. The minimum Gasteiger partial charge on any atom is -0.303 e. The van der Waals surface area contributed by atoms with Gasteiger partial charge in [-0.3, -0.25) is 4.79 Å². The van der Waals surface area contributed by atoms with Crippen molar-refractivity contribution in [3.05, 3.63) is 0 Å². The van der Waals surface area contributed by atoms with Gasteiger partial charge in [0.2, 0.25) is 0 Å². The van der Waals surface area contributed by atoms with Crippen LogP contribution in [-0.4, -0.2) is 12.1 Å². The van der Waals surface area contributed by atoms with Gasteiger partial charge in [0.25, 0.3) is 0 Å². The van der Waals surface area contributed by atoms with Gasteiger partial charge in [-0.1, -0.05) is 97.3 Å². The predicted octanol–water partition coefficient (Wildman–Crippen LogP) is 6.65. The lowest BCUT2D eigenvalue weighted by atomic mass is 9.97. The van der Waals surface area contributed by atoms with E-state index in [-0.39, 0.29) is 11.7 Å². The molecule has 0 aromatic rings. The molecule has 136 valence electrons. The summed E-state index contributed by atoms with van der Waals surface area (Å²) in [6.07, 6.45) is 20.6. The highest BCUT2D eigenvalue weighted by Crippen LogP contribution is 2.14. The summed E-state index contributed by atoms with van der Waals surface area (Å²) < 4.78 is 0. The Morgan fingerprint density at radius 3 is 1.43 bits per heavy atom. The summed E-state index contributed by atoms with van der Waals surface area (Å²) in [5.74, 6) is -0.210. The van der Waals surface area contributed by atoms with E-state index in [9.17, 15) is 9.59 Å². The molecular formula is C21H40O2. The zero-order valence-corrected chi connectivity index (χ0v) is 15.8. The lowest BCUT2D eigenvalue weighted by molar-refractivity contribution is -0.127. The van der Waals surface area contributed by atoms with Crippen LogP contribution >= 0.6 is 0 Å². The number of Topliss-reactive ketones (excluding diaryl/α,β-unsaturated/α-hetero) is 1. The molecule has 0 spiro atoms. The third-order valence-electron chi connectivity index (χ3n) is 4.79. The Morgan fingerprint density at radius 1 is 0.696 bits per heavy atom. The molecule has 0 aromatic carbocycles. The number of carbonyl (C=O) groups excluding carboxylic acids is 2. The molecule has 0 aliphatic carbocycles. The Bertz CT molecular complexity index is 273. The molecule has 0 rings (SSSR count). The van der Waals surface area contributed by atoms with E-state index in [0.717, 1.165) is 19.1 Å². The fourth-order valence-electron chi connectivity index (χ4n) is 3.08. The van der Waals surface area contributed by atoms with Crippen LogP contribution in [0.5, 0.6) is 0 Å². The van der Waals surface area contributed by atoms with Crippen LogP contribution in [-0.2, 0) is 9.59 Å². The summed E-state index contributed by atoms with van der Waals surface area (Å²) in [6, 6.07) is 0. The van der Waals surface area contributed by atoms with Crippen molar-refractivity contribution in [2.75, 3.05) is 0 Å². The Morgan fingerprint density at radius 2 is 1.09 bits per heavy atom. The SMILES string of the molecule is CCCCCCCCCCCCCCCCC(=O)C(C=O)CC. The number of unbranched alkanes of at least 4 members (excludes halogenated alkanes) is 13. The molecule has 0 aliphatic rings. The highest BCUT2D eigenvalue weighted by Gasteiger charge is 2.13. The molecule has 0 aliphatic heterocycles. The molecule has 0 saturated heterocycles. The second-order valence-corrected chi connectivity index (χ2v) is 6.96. The predicted molar refractivity (Wildman–Crippen MR) is 99.8 cm³/mol. The first-order valence-corrected chi connectivity index (χ1v) is 10.2. The van der Waals surface area contributed by atoms with Gasteiger partial charge in [-0.05, 0) is 12.8 Å². The van der Waals surface area contributed by atoms with Crippen LogP contribution in [0.15, 0.2) is 0 Å². The minimum atomic E-state index is -0.350. The number of rotatable bonds is 18. The molecule has 0 radical (unpaired) electrons. The molecule has 0 amide bonds. The standard InChI is InChI=1S/C21H40O2/c1-3-5-6-7-8-9-10-11-12-13-14-15-16-17-18-21(23)20(4-2)19-22/h19-20H,3-18H2,1-2H3. The van der Waals surface area contributed by atoms with E-state index in [1.165, 1.54) is 77.0 Å². The molecule has 0 bridgehead atoms. The van der Waals surface area contributed by atoms with E-state index in [0.29, 0.717) is 12.8 Å². The topological polar surface area (TPSA) is 34.1 Å². The third kappa shape index (κ3) is 14.7. The molecule has 1 unspecified atom stereocenters. The number of carbonyl (C=O) groups is 2. The zero-order valence-electron chi connectivity index (χ0n) is 15.8. The third-order valence-corrected chi connectivity index (χ3v) is 4.79. The van der Waals surface area contributed by atoms with Crippen LogP contribution < -0.4 is 0 Å². The molecule has 2 heteroatoms. The maximum atomic E-state index is 11.7. The average Bonchev–Trinajstić information content (AvgIpc) is 2.56. The van der Waals surface area contributed by atoms with Crippen molar-refractivity contribution in [2.45, 2.75) is 117 Å². The van der Waals surface area contributed by atoms with E-state index in [4.69, 9.17) is 0 Å². The highest BCUT2D eigenvalue weighted by atomic mass is 16.1. The van der Waals surface area contributed by atoms with Crippen molar-refractivity contribution >= 4 is 12.1 Å². The van der Waals surface area contributed by atoms with Gasteiger partial charge in [0.15, 0.2) is 0 Å². The summed E-state index contributed by atoms with van der Waals surface area (Å²) >= 11 is 0. The van der Waals surface area contributed by atoms with E-state index < -0.39 is 0 Å². The maximum Gasteiger partial charge on any atom is 0.143 e. The summed E-state index contributed by atoms with van der Waals surface area (Å²) in [5, 5.41) is 0. The van der Waals surface area contributed by atoms with Crippen molar-refractivity contribution in [1.29, 1.82) is 0 Å². The Balaban J connectivity index is 3.19. The van der Waals surface area contributed by atoms with Gasteiger partial charge in [-0.25, -0.2) is 0 Å². The molecule has 0 fully saturated rings. The number of hydrogen-bond acceptors (Lipinski definition) is 2. The number of aldehydes is 1. The normalized spacial score (nSPS) is 12.3. The zero-order chi connectivity index (χ0) is 17.2. The second kappa shape index (κ2) is 17.7. The van der Waals surface area contributed by atoms with Gasteiger partial charge in [-0.15, -0.1) is 0 Å². The van der Waals surface area contributed by atoms with Crippen LogP contribution in [0, 0.1) is 5.92 Å².